The van der Waals surface area contributed by atoms with Crippen LogP contribution in [0.4, 0.5) is 0 Å². The van der Waals surface area contributed by atoms with Crippen molar-refractivity contribution in [2.24, 2.45) is 11.8 Å². The van der Waals surface area contributed by atoms with Crippen molar-refractivity contribution < 1.29 is 19.4 Å². The van der Waals surface area contributed by atoms with Gasteiger partial charge < -0.3 is 9.84 Å². The second-order valence-electron chi connectivity index (χ2n) is 12.0. The van der Waals surface area contributed by atoms with Crippen LogP contribution in [0.2, 0.25) is 0 Å². The lowest BCUT2D eigenvalue weighted by Gasteiger charge is -2.20. The summed E-state index contributed by atoms with van der Waals surface area (Å²) in [6.07, 6.45) is 28.8. The summed E-state index contributed by atoms with van der Waals surface area (Å²) in [6.45, 7) is 12.6. The molecule has 0 fully saturated rings. The zero-order valence-electron chi connectivity index (χ0n) is 26.7. The molecule has 0 aliphatic heterocycles. The summed E-state index contributed by atoms with van der Waals surface area (Å²) in [5.41, 5.74) is 0. The normalized spacial score (nSPS) is 11.9. The van der Waals surface area contributed by atoms with Gasteiger partial charge in [0.05, 0.1) is 12.0 Å². The second kappa shape index (κ2) is 30.5. The molecule has 0 aromatic carbocycles. The average Bonchev–Trinajstić information content (AvgIpc) is 2.85. The van der Waals surface area contributed by atoms with Crippen LogP contribution < -0.4 is 0 Å². The molecule has 0 aliphatic rings. The number of carboxylic acids is 1. The SMILES string of the molecule is CCCCCCCCCCCCC(C(=O)OC(C)C)C(C)C.CCCCCCCCCCCCCC(=O)O. The Hall–Kier alpha value is -1.06. The van der Waals surface area contributed by atoms with Crippen molar-refractivity contribution in [2.75, 3.05) is 0 Å². The first kappa shape index (κ1) is 39.1. The Bertz CT molecular complexity index is 501. The number of rotatable bonds is 26. The van der Waals surface area contributed by atoms with E-state index >= 15 is 0 Å². The molecule has 228 valence electrons. The zero-order chi connectivity index (χ0) is 28.9. The predicted molar refractivity (Wildman–Crippen MR) is 165 cm³/mol. The number of hydrogen-bond donors (Lipinski definition) is 1. The summed E-state index contributed by atoms with van der Waals surface area (Å²) >= 11 is 0. The van der Waals surface area contributed by atoms with Crippen LogP contribution in [0.5, 0.6) is 0 Å². The molecule has 0 bridgehead atoms. The van der Waals surface area contributed by atoms with Crippen LogP contribution in [0.25, 0.3) is 0 Å². The highest BCUT2D eigenvalue weighted by Crippen LogP contribution is 2.22. The predicted octanol–water partition coefficient (Wildman–Crippen LogP) is 11.3. The molecule has 4 heteroatoms. The van der Waals surface area contributed by atoms with E-state index in [0.29, 0.717) is 12.3 Å². The zero-order valence-corrected chi connectivity index (χ0v) is 26.7. The van der Waals surface area contributed by atoms with Crippen LogP contribution in [0.15, 0.2) is 0 Å². The standard InChI is InChI=1S/C20H40O2.C14H28O2/c1-6-7-8-9-10-11-12-13-14-15-16-19(17(2)3)20(21)22-18(4)5;1-2-3-4-5-6-7-8-9-10-11-12-13-14(15)16/h17-19H,6-16H2,1-5H3;2-13H2,1H3,(H,15,16). The van der Waals surface area contributed by atoms with E-state index in [-0.39, 0.29) is 18.0 Å². The molecule has 0 aliphatic carbocycles. The Morgan fingerprint density at radius 1 is 0.553 bits per heavy atom. The molecule has 0 aromatic rings. The molecule has 0 radical (unpaired) electrons. The topological polar surface area (TPSA) is 63.6 Å². The third-order valence-electron chi connectivity index (χ3n) is 7.32. The van der Waals surface area contributed by atoms with Gasteiger partial charge in [-0.05, 0) is 32.6 Å². The molecule has 1 unspecified atom stereocenters. The molecular formula is C34H68O4. The maximum absolute atomic E-state index is 12.1. The second-order valence-corrected chi connectivity index (χ2v) is 12.0. The number of unbranched alkanes of at least 4 members (excludes halogenated alkanes) is 19. The van der Waals surface area contributed by atoms with Crippen molar-refractivity contribution in [3.05, 3.63) is 0 Å². The highest BCUT2D eigenvalue weighted by molar-refractivity contribution is 5.72. The summed E-state index contributed by atoms with van der Waals surface area (Å²) in [6, 6.07) is 0. The Labute approximate surface area is 238 Å². The summed E-state index contributed by atoms with van der Waals surface area (Å²) in [5.74, 6) is -0.196. The van der Waals surface area contributed by atoms with Crippen molar-refractivity contribution in [1.29, 1.82) is 0 Å². The molecule has 0 rings (SSSR count). The Kier molecular flexibility index (Phi) is 31.4. The molecule has 0 aromatic heterocycles. The number of carbonyl (C=O) groups is 2. The number of aliphatic carboxylic acids is 1. The monoisotopic (exact) mass is 541 g/mol. The van der Waals surface area contributed by atoms with E-state index < -0.39 is 5.97 Å². The van der Waals surface area contributed by atoms with Crippen molar-refractivity contribution in [3.63, 3.8) is 0 Å². The first-order valence-corrected chi connectivity index (χ1v) is 16.7. The summed E-state index contributed by atoms with van der Waals surface area (Å²) in [4.78, 5) is 22.3. The van der Waals surface area contributed by atoms with Gasteiger partial charge >= 0.3 is 11.9 Å². The van der Waals surface area contributed by atoms with Gasteiger partial charge in [0.25, 0.3) is 0 Å². The smallest absolute Gasteiger partial charge is 0.309 e. The van der Waals surface area contributed by atoms with Crippen molar-refractivity contribution in [1.82, 2.24) is 0 Å². The minimum absolute atomic E-state index is 0.000856. The number of hydrogen-bond acceptors (Lipinski definition) is 3. The summed E-state index contributed by atoms with van der Waals surface area (Å²) in [7, 11) is 0. The van der Waals surface area contributed by atoms with Gasteiger partial charge in [-0.3, -0.25) is 9.59 Å². The molecule has 38 heavy (non-hydrogen) atoms. The van der Waals surface area contributed by atoms with Gasteiger partial charge in [0.15, 0.2) is 0 Å². The first-order valence-electron chi connectivity index (χ1n) is 16.7. The van der Waals surface area contributed by atoms with Crippen LogP contribution in [0, 0.1) is 11.8 Å². The van der Waals surface area contributed by atoms with E-state index in [1.165, 1.54) is 116 Å². The summed E-state index contributed by atoms with van der Waals surface area (Å²) < 4.78 is 5.38. The van der Waals surface area contributed by atoms with Crippen LogP contribution in [0.1, 0.15) is 189 Å². The maximum atomic E-state index is 12.1. The largest absolute Gasteiger partial charge is 0.481 e. The van der Waals surface area contributed by atoms with E-state index in [4.69, 9.17) is 9.84 Å². The van der Waals surface area contributed by atoms with Gasteiger partial charge in [-0.1, -0.05) is 156 Å². The fraction of sp³-hybridized carbons (Fsp3) is 0.941. The lowest BCUT2D eigenvalue weighted by atomic mass is 9.90. The van der Waals surface area contributed by atoms with Crippen LogP contribution in [0.3, 0.4) is 0 Å². The average molecular weight is 541 g/mol. The lowest BCUT2D eigenvalue weighted by molar-refractivity contribution is -0.154. The Morgan fingerprint density at radius 3 is 1.21 bits per heavy atom. The lowest BCUT2D eigenvalue weighted by Crippen LogP contribution is -2.25. The van der Waals surface area contributed by atoms with E-state index in [0.717, 1.165) is 25.7 Å². The van der Waals surface area contributed by atoms with E-state index in [1.54, 1.807) is 0 Å². The van der Waals surface area contributed by atoms with Gasteiger partial charge in [0, 0.05) is 6.42 Å². The Balaban J connectivity index is 0. The maximum Gasteiger partial charge on any atom is 0.309 e. The molecule has 1 atom stereocenters. The molecule has 4 nitrogen and oxygen atoms in total. The molecule has 0 amide bonds. The number of ether oxygens (including phenoxy) is 1. The third kappa shape index (κ3) is 31.2. The summed E-state index contributed by atoms with van der Waals surface area (Å²) in [5, 5.41) is 8.46. The molecular weight excluding hydrogens is 472 g/mol. The fourth-order valence-corrected chi connectivity index (χ4v) is 4.84. The van der Waals surface area contributed by atoms with Crippen LogP contribution in [-0.4, -0.2) is 23.1 Å². The van der Waals surface area contributed by atoms with Gasteiger partial charge in [-0.25, -0.2) is 0 Å². The van der Waals surface area contributed by atoms with Crippen molar-refractivity contribution in [3.8, 4) is 0 Å². The minimum Gasteiger partial charge on any atom is -0.481 e. The molecule has 0 saturated heterocycles. The van der Waals surface area contributed by atoms with Crippen LogP contribution >= 0.6 is 0 Å². The highest BCUT2D eigenvalue weighted by Gasteiger charge is 2.23. The van der Waals surface area contributed by atoms with E-state index in [2.05, 4.69) is 27.7 Å². The number of carboxylic acid groups (broad SMARTS) is 1. The van der Waals surface area contributed by atoms with Gasteiger partial charge in [0.2, 0.25) is 0 Å². The third-order valence-corrected chi connectivity index (χ3v) is 7.32. The first-order chi connectivity index (χ1) is 18.3. The van der Waals surface area contributed by atoms with Gasteiger partial charge in [0.1, 0.15) is 0 Å². The van der Waals surface area contributed by atoms with Crippen LogP contribution in [-0.2, 0) is 14.3 Å². The molecule has 0 spiro atoms. The van der Waals surface area contributed by atoms with Crippen molar-refractivity contribution >= 4 is 11.9 Å². The number of carbonyl (C=O) groups excluding carboxylic acids is 1. The van der Waals surface area contributed by atoms with E-state index in [1.807, 2.05) is 13.8 Å². The van der Waals surface area contributed by atoms with E-state index in [9.17, 15) is 9.59 Å². The number of esters is 1. The van der Waals surface area contributed by atoms with Gasteiger partial charge in [-0.15, -0.1) is 0 Å². The highest BCUT2D eigenvalue weighted by atomic mass is 16.5. The Morgan fingerprint density at radius 2 is 0.895 bits per heavy atom. The molecule has 0 saturated carbocycles. The quantitative estimate of drug-likeness (QED) is 0.0875. The van der Waals surface area contributed by atoms with Gasteiger partial charge in [-0.2, -0.15) is 0 Å². The fourth-order valence-electron chi connectivity index (χ4n) is 4.84. The molecule has 0 heterocycles. The van der Waals surface area contributed by atoms with Crippen molar-refractivity contribution in [2.45, 2.75) is 195 Å². The minimum atomic E-state index is -0.657. The molecule has 1 N–H and O–H groups in total.